The van der Waals surface area contributed by atoms with Crippen LogP contribution < -0.4 is 5.32 Å². The SMILES string of the molecule is CSC1CCCC1Nc1ccnc(F)c1. The summed E-state index contributed by atoms with van der Waals surface area (Å²) in [5.41, 5.74) is 0.841. The first kappa shape index (κ1) is 10.7. The van der Waals surface area contributed by atoms with Crippen LogP contribution in [0.3, 0.4) is 0 Å². The Hall–Kier alpha value is -0.770. The normalized spacial score (nSPS) is 25.5. The molecule has 1 fully saturated rings. The molecule has 2 nitrogen and oxygen atoms in total. The zero-order valence-electron chi connectivity index (χ0n) is 8.74. The summed E-state index contributed by atoms with van der Waals surface area (Å²) in [5, 5.41) is 4.04. The van der Waals surface area contributed by atoms with Crippen LogP contribution in [0.5, 0.6) is 0 Å². The maximum absolute atomic E-state index is 12.9. The van der Waals surface area contributed by atoms with Crippen LogP contribution >= 0.6 is 11.8 Å². The molecule has 82 valence electrons. The van der Waals surface area contributed by atoms with Crippen molar-refractivity contribution in [1.82, 2.24) is 4.98 Å². The van der Waals surface area contributed by atoms with Crippen LogP contribution in [0.2, 0.25) is 0 Å². The van der Waals surface area contributed by atoms with Gasteiger partial charge in [-0.15, -0.1) is 0 Å². The number of hydrogen-bond donors (Lipinski definition) is 1. The summed E-state index contributed by atoms with van der Waals surface area (Å²) in [6.45, 7) is 0. The fourth-order valence-corrected chi connectivity index (χ4v) is 3.01. The van der Waals surface area contributed by atoms with Gasteiger partial charge in [0.05, 0.1) is 0 Å². The summed E-state index contributed by atoms with van der Waals surface area (Å²) in [5.74, 6) is -0.418. The van der Waals surface area contributed by atoms with Crippen molar-refractivity contribution in [1.29, 1.82) is 0 Å². The van der Waals surface area contributed by atoms with Crippen molar-refractivity contribution < 1.29 is 4.39 Å². The summed E-state index contributed by atoms with van der Waals surface area (Å²) in [4.78, 5) is 3.54. The molecule has 2 unspecified atom stereocenters. The average Bonchev–Trinajstić information content (AvgIpc) is 2.65. The molecule has 0 saturated heterocycles. The topological polar surface area (TPSA) is 24.9 Å². The van der Waals surface area contributed by atoms with Crippen molar-refractivity contribution in [3.63, 3.8) is 0 Å². The minimum Gasteiger partial charge on any atom is -0.381 e. The molecular weight excluding hydrogens is 211 g/mol. The molecule has 1 aromatic rings. The molecule has 1 N–H and O–H groups in total. The van der Waals surface area contributed by atoms with Gasteiger partial charge in [-0.05, 0) is 25.2 Å². The standard InChI is InChI=1S/C11H15FN2S/c1-15-10-4-2-3-9(10)14-8-5-6-13-11(12)7-8/h5-7,9-10H,2-4H2,1H3,(H,13,14). The Kier molecular flexibility index (Phi) is 3.46. The minimum atomic E-state index is -0.418. The van der Waals surface area contributed by atoms with E-state index in [1.54, 1.807) is 0 Å². The number of rotatable bonds is 3. The molecule has 0 aromatic carbocycles. The van der Waals surface area contributed by atoms with E-state index in [0.717, 1.165) is 5.69 Å². The third kappa shape index (κ3) is 2.62. The van der Waals surface area contributed by atoms with E-state index in [9.17, 15) is 4.39 Å². The van der Waals surface area contributed by atoms with Crippen LogP contribution in [0.25, 0.3) is 0 Å². The molecule has 0 aliphatic heterocycles. The Morgan fingerprint density at radius 3 is 3.13 bits per heavy atom. The maximum Gasteiger partial charge on any atom is 0.214 e. The van der Waals surface area contributed by atoms with Crippen molar-refractivity contribution in [2.24, 2.45) is 0 Å². The lowest BCUT2D eigenvalue weighted by Gasteiger charge is -2.20. The number of anilines is 1. The largest absolute Gasteiger partial charge is 0.381 e. The van der Waals surface area contributed by atoms with E-state index in [4.69, 9.17) is 0 Å². The molecule has 1 heterocycles. The minimum absolute atomic E-state index is 0.418. The van der Waals surface area contributed by atoms with Gasteiger partial charge in [-0.25, -0.2) is 4.98 Å². The number of aromatic nitrogens is 1. The van der Waals surface area contributed by atoms with Gasteiger partial charge in [-0.1, -0.05) is 6.42 Å². The lowest BCUT2D eigenvalue weighted by Crippen LogP contribution is -2.25. The van der Waals surface area contributed by atoms with E-state index in [0.29, 0.717) is 11.3 Å². The molecule has 1 aliphatic carbocycles. The van der Waals surface area contributed by atoms with Crippen molar-refractivity contribution in [3.8, 4) is 0 Å². The highest BCUT2D eigenvalue weighted by atomic mass is 32.2. The quantitative estimate of drug-likeness (QED) is 0.802. The lowest BCUT2D eigenvalue weighted by atomic mass is 10.2. The average molecular weight is 226 g/mol. The fourth-order valence-electron chi connectivity index (χ4n) is 2.08. The van der Waals surface area contributed by atoms with Crippen molar-refractivity contribution in [3.05, 3.63) is 24.3 Å². The van der Waals surface area contributed by atoms with E-state index in [1.165, 1.54) is 31.5 Å². The van der Waals surface area contributed by atoms with Gasteiger partial charge in [0.2, 0.25) is 5.95 Å². The number of nitrogens with one attached hydrogen (secondary N) is 1. The molecule has 0 spiro atoms. The first-order valence-electron chi connectivity index (χ1n) is 5.20. The van der Waals surface area contributed by atoms with Crippen LogP contribution in [0, 0.1) is 5.95 Å². The first-order chi connectivity index (χ1) is 7.29. The number of hydrogen-bond acceptors (Lipinski definition) is 3. The Morgan fingerprint density at radius 2 is 2.40 bits per heavy atom. The summed E-state index contributed by atoms with van der Waals surface area (Å²) in [6.07, 6.45) is 7.33. The molecular formula is C11H15FN2S. The van der Waals surface area contributed by atoms with E-state index in [-0.39, 0.29) is 0 Å². The summed E-state index contributed by atoms with van der Waals surface area (Å²) in [6, 6.07) is 3.75. The van der Waals surface area contributed by atoms with Gasteiger partial charge in [0.1, 0.15) is 0 Å². The molecule has 0 bridgehead atoms. The molecule has 15 heavy (non-hydrogen) atoms. The number of pyridine rings is 1. The van der Waals surface area contributed by atoms with E-state index >= 15 is 0 Å². The molecule has 2 atom stereocenters. The van der Waals surface area contributed by atoms with Crippen molar-refractivity contribution in [2.45, 2.75) is 30.6 Å². The van der Waals surface area contributed by atoms with Crippen molar-refractivity contribution >= 4 is 17.4 Å². The third-order valence-corrected chi connectivity index (χ3v) is 4.00. The number of thioether (sulfide) groups is 1. The van der Waals surface area contributed by atoms with E-state index < -0.39 is 5.95 Å². The Bertz CT molecular complexity index is 332. The molecule has 2 rings (SSSR count). The van der Waals surface area contributed by atoms with Gasteiger partial charge in [0.25, 0.3) is 0 Å². The summed E-state index contributed by atoms with van der Waals surface area (Å²) in [7, 11) is 0. The molecule has 1 aliphatic rings. The van der Waals surface area contributed by atoms with Gasteiger partial charge in [0, 0.05) is 29.2 Å². The van der Waals surface area contributed by atoms with Crippen LogP contribution in [-0.4, -0.2) is 22.5 Å². The van der Waals surface area contributed by atoms with E-state index in [1.807, 2.05) is 17.8 Å². The fraction of sp³-hybridized carbons (Fsp3) is 0.545. The van der Waals surface area contributed by atoms with Gasteiger partial charge in [-0.2, -0.15) is 16.2 Å². The highest BCUT2D eigenvalue weighted by Crippen LogP contribution is 2.30. The predicted molar refractivity (Wildman–Crippen MR) is 62.8 cm³/mol. The third-order valence-electron chi connectivity index (χ3n) is 2.83. The second-order valence-corrected chi connectivity index (χ2v) is 4.90. The summed E-state index contributed by atoms with van der Waals surface area (Å²) < 4.78 is 12.9. The van der Waals surface area contributed by atoms with Gasteiger partial charge < -0.3 is 5.32 Å². The molecule has 1 saturated carbocycles. The van der Waals surface area contributed by atoms with Crippen molar-refractivity contribution in [2.75, 3.05) is 11.6 Å². The Morgan fingerprint density at radius 1 is 1.53 bits per heavy atom. The molecule has 0 radical (unpaired) electrons. The number of nitrogens with zero attached hydrogens (tertiary/aromatic N) is 1. The second kappa shape index (κ2) is 4.84. The second-order valence-electron chi connectivity index (χ2n) is 3.82. The van der Waals surface area contributed by atoms with Gasteiger partial charge in [-0.3, -0.25) is 0 Å². The lowest BCUT2D eigenvalue weighted by molar-refractivity contribution is 0.584. The highest BCUT2D eigenvalue weighted by Gasteiger charge is 2.26. The molecule has 0 amide bonds. The zero-order chi connectivity index (χ0) is 10.7. The number of halogens is 1. The van der Waals surface area contributed by atoms with Gasteiger partial charge in [0.15, 0.2) is 0 Å². The molecule has 1 aromatic heterocycles. The Labute approximate surface area is 93.7 Å². The zero-order valence-corrected chi connectivity index (χ0v) is 9.56. The highest BCUT2D eigenvalue weighted by molar-refractivity contribution is 7.99. The maximum atomic E-state index is 12.9. The first-order valence-corrected chi connectivity index (χ1v) is 6.49. The van der Waals surface area contributed by atoms with Crippen LogP contribution in [0.1, 0.15) is 19.3 Å². The van der Waals surface area contributed by atoms with E-state index in [2.05, 4.69) is 16.6 Å². The van der Waals surface area contributed by atoms with Crippen LogP contribution in [0.4, 0.5) is 10.1 Å². The molecule has 4 heteroatoms. The monoisotopic (exact) mass is 226 g/mol. The predicted octanol–water partition coefficient (Wildman–Crippen LogP) is 2.92. The smallest absolute Gasteiger partial charge is 0.214 e. The van der Waals surface area contributed by atoms with Crippen LogP contribution in [-0.2, 0) is 0 Å². The van der Waals surface area contributed by atoms with Gasteiger partial charge >= 0.3 is 0 Å². The summed E-state index contributed by atoms with van der Waals surface area (Å²) >= 11 is 1.89. The Balaban J connectivity index is 2.02. The van der Waals surface area contributed by atoms with Crippen LogP contribution in [0.15, 0.2) is 18.3 Å².